The van der Waals surface area contributed by atoms with Gasteiger partial charge >= 0.3 is 6.18 Å². The molecule has 0 radical (unpaired) electrons. The van der Waals surface area contributed by atoms with E-state index in [4.69, 9.17) is 4.98 Å². The first-order valence-electron chi connectivity index (χ1n) is 21.5. The predicted molar refractivity (Wildman–Crippen MR) is 246 cm³/mol. The number of anilines is 4. The minimum Gasteiger partial charge on any atom is -0.391 e. The number of fused-ring (bicyclic) bond motifs is 2. The summed E-state index contributed by atoms with van der Waals surface area (Å²) in [6.07, 6.45) is 5.16. The number of aliphatic hydroxyl groups is 4. The van der Waals surface area contributed by atoms with E-state index in [2.05, 4.69) is 30.5 Å². The fraction of sp³-hybridized carbons (Fsp3) is 0.447. The van der Waals surface area contributed by atoms with Crippen molar-refractivity contribution in [1.82, 2.24) is 28.7 Å². The molecule has 2 aliphatic heterocycles. The van der Waals surface area contributed by atoms with Crippen LogP contribution >= 0.6 is 0 Å². The maximum absolute atomic E-state index is 13.0. The Balaban J connectivity index is 0.000000216. The Morgan fingerprint density at radius 3 is 1.52 bits per heavy atom. The largest absolute Gasteiger partial charge is 0.433 e. The van der Waals surface area contributed by atoms with Crippen LogP contribution in [0.4, 0.5) is 35.9 Å². The van der Waals surface area contributed by atoms with Crippen LogP contribution in [-0.4, -0.2) is 111 Å². The number of aryl methyl sites for hydroxylation is 3. The zero-order valence-electron chi connectivity index (χ0n) is 37.0. The summed E-state index contributed by atoms with van der Waals surface area (Å²) in [6, 6.07) is 12.2. The Hall–Kier alpha value is -6.15. The number of carbonyl (C=O) groups is 2. The van der Waals surface area contributed by atoms with E-state index in [0.29, 0.717) is 93.1 Å². The van der Waals surface area contributed by atoms with Crippen LogP contribution < -0.4 is 20.4 Å². The SMILES string of the molecule is C.CC(C)(O)CCc1cn2cc(NC(=O)c3cccc(C(F)(F)F)n3)c(N3CC[C@H](O)C3)cc2n1.Cc1cccc(C(=O)Nc2cn3cc(CCC(C)(C)O)nc3cc2N2CC[C@@H](O)C2)n1. The Morgan fingerprint density at radius 2 is 1.12 bits per heavy atom. The minimum atomic E-state index is -4.66. The van der Waals surface area contributed by atoms with Gasteiger partial charge in [0, 0.05) is 68.8 Å². The van der Waals surface area contributed by atoms with Crippen LogP contribution in [-0.2, 0) is 19.0 Å². The molecule has 19 heteroatoms. The smallest absolute Gasteiger partial charge is 0.391 e. The molecule has 354 valence electrons. The molecule has 0 aliphatic carbocycles. The molecule has 2 fully saturated rings. The van der Waals surface area contributed by atoms with E-state index in [1.807, 2.05) is 46.8 Å². The summed E-state index contributed by atoms with van der Waals surface area (Å²) in [5.74, 6) is -1.07. The summed E-state index contributed by atoms with van der Waals surface area (Å²) in [5, 5.41) is 45.7. The lowest BCUT2D eigenvalue weighted by Gasteiger charge is -2.22. The number of nitrogens with one attached hydrogen (secondary N) is 2. The molecule has 8 rings (SSSR count). The number of carbonyl (C=O) groups excluding carboxylic acids is 2. The fourth-order valence-electron chi connectivity index (χ4n) is 7.66. The zero-order valence-corrected chi connectivity index (χ0v) is 37.0. The average molecular weight is 917 g/mol. The van der Waals surface area contributed by atoms with Crippen LogP contribution in [0.1, 0.15) is 105 Å². The maximum atomic E-state index is 13.0. The van der Waals surface area contributed by atoms with E-state index in [0.717, 1.165) is 40.5 Å². The third kappa shape index (κ3) is 12.6. The van der Waals surface area contributed by atoms with Crippen molar-refractivity contribution in [3.8, 4) is 0 Å². The van der Waals surface area contributed by atoms with Crippen molar-refractivity contribution < 1.29 is 43.2 Å². The molecule has 0 aromatic carbocycles. The van der Waals surface area contributed by atoms with Gasteiger partial charge in [0.1, 0.15) is 28.4 Å². The van der Waals surface area contributed by atoms with Crippen molar-refractivity contribution in [3.63, 3.8) is 0 Å². The molecule has 2 atom stereocenters. The van der Waals surface area contributed by atoms with Crippen LogP contribution in [0.2, 0.25) is 0 Å². The molecule has 2 aliphatic rings. The highest BCUT2D eigenvalue weighted by molar-refractivity contribution is 6.05. The Labute approximate surface area is 381 Å². The number of aliphatic hydroxyl groups excluding tert-OH is 2. The van der Waals surface area contributed by atoms with Crippen molar-refractivity contribution in [2.45, 2.75) is 110 Å². The van der Waals surface area contributed by atoms with Gasteiger partial charge in [-0.15, -0.1) is 0 Å². The number of aromatic nitrogens is 6. The van der Waals surface area contributed by atoms with Gasteiger partial charge in [0.05, 0.1) is 57.5 Å². The number of imidazole rings is 2. The third-order valence-corrected chi connectivity index (χ3v) is 11.1. The molecule has 6 aromatic heterocycles. The van der Waals surface area contributed by atoms with E-state index >= 15 is 0 Å². The summed E-state index contributed by atoms with van der Waals surface area (Å²) in [5.41, 5.74) is 3.43. The Morgan fingerprint density at radius 1 is 0.682 bits per heavy atom. The van der Waals surface area contributed by atoms with Crippen LogP contribution in [0.25, 0.3) is 11.3 Å². The molecular weight excluding hydrogens is 858 g/mol. The number of amides is 2. The Bertz CT molecular complexity index is 2670. The lowest BCUT2D eigenvalue weighted by atomic mass is 10.0. The van der Waals surface area contributed by atoms with Crippen molar-refractivity contribution in [2.24, 2.45) is 0 Å². The van der Waals surface area contributed by atoms with Gasteiger partial charge in [-0.25, -0.2) is 19.9 Å². The number of nitrogens with zero attached hydrogens (tertiary/aromatic N) is 8. The molecule has 0 spiro atoms. The first-order valence-corrected chi connectivity index (χ1v) is 21.5. The highest BCUT2D eigenvalue weighted by Crippen LogP contribution is 2.34. The van der Waals surface area contributed by atoms with E-state index < -0.39 is 35.1 Å². The summed E-state index contributed by atoms with van der Waals surface area (Å²) in [4.78, 5) is 46.7. The number of alkyl halides is 3. The lowest BCUT2D eigenvalue weighted by molar-refractivity contribution is -0.141. The number of hydrogen-bond acceptors (Lipinski definition) is 12. The normalized spacial score (nSPS) is 16.6. The predicted octanol–water partition coefficient (Wildman–Crippen LogP) is 6.48. The number of hydrogen-bond donors (Lipinski definition) is 6. The van der Waals surface area contributed by atoms with Gasteiger partial charge in [0.15, 0.2) is 0 Å². The van der Waals surface area contributed by atoms with Crippen LogP contribution in [0, 0.1) is 6.92 Å². The molecule has 6 aromatic rings. The Kier molecular flexibility index (Phi) is 14.8. The van der Waals surface area contributed by atoms with Gasteiger partial charge in [-0.1, -0.05) is 19.6 Å². The summed E-state index contributed by atoms with van der Waals surface area (Å²) in [6.45, 7) is 11.0. The molecule has 16 nitrogen and oxygen atoms in total. The highest BCUT2D eigenvalue weighted by Gasteiger charge is 2.33. The molecule has 0 bridgehead atoms. The fourth-order valence-corrected chi connectivity index (χ4v) is 7.66. The topological polar surface area (TPSA) is 206 Å². The monoisotopic (exact) mass is 916 g/mol. The first-order chi connectivity index (χ1) is 30.6. The molecule has 0 saturated carbocycles. The molecule has 2 amide bonds. The maximum Gasteiger partial charge on any atom is 0.433 e. The van der Waals surface area contributed by atoms with E-state index in [1.165, 1.54) is 6.07 Å². The number of halogens is 3. The summed E-state index contributed by atoms with van der Waals surface area (Å²) < 4.78 is 42.7. The van der Waals surface area contributed by atoms with Crippen molar-refractivity contribution in [2.75, 3.05) is 46.6 Å². The molecule has 0 unspecified atom stereocenters. The summed E-state index contributed by atoms with van der Waals surface area (Å²) >= 11 is 0. The van der Waals surface area contributed by atoms with Crippen molar-refractivity contribution in [3.05, 3.63) is 107 Å². The van der Waals surface area contributed by atoms with Crippen molar-refractivity contribution >= 4 is 45.9 Å². The van der Waals surface area contributed by atoms with Gasteiger partial charge < -0.3 is 49.7 Å². The second kappa shape index (κ2) is 19.8. The zero-order chi connectivity index (χ0) is 46.8. The molecule has 66 heavy (non-hydrogen) atoms. The van der Waals surface area contributed by atoms with Gasteiger partial charge in [-0.05, 0) is 97.4 Å². The quantitative estimate of drug-likeness (QED) is 0.0781. The van der Waals surface area contributed by atoms with Gasteiger partial charge in [-0.3, -0.25) is 9.59 Å². The van der Waals surface area contributed by atoms with Crippen LogP contribution in [0.5, 0.6) is 0 Å². The summed E-state index contributed by atoms with van der Waals surface area (Å²) in [7, 11) is 0. The number of rotatable bonds is 12. The van der Waals surface area contributed by atoms with Gasteiger partial charge in [0.2, 0.25) is 0 Å². The van der Waals surface area contributed by atoms with Crippen molar-refractivity contribution in [1.29, 1.82) is 0 Å². The lowest BCUT2D eigenvalue weighted by Crippen LogP contribution is -2.24. The average Bonchev–Trinajstić information content (AvgIpc) is 4.04. The molecule has 8 heterocycles. The van der Waals surface area contributed by atoms with Gasteiger partial charge in [-0.2, -0.15) is 13.2 Å². The number of β-amino-alcohol motifs (C(OH)–C–C–N with tert-alkyl or cyclic N) is 2. The van der Waals surface area contributed by atoms with E-state index in [9.17, 15) is 43.2 Å². The number of pyridine rings is 4. The third-order valence-electron chi connectivity index (χ3n) is 11.1. The second-order valence-corrected chi connectivity index (χ2v) is 18.0. The van der Waals surface area contributed by atoms with E-state index in [1.54, 1.807) is 56.6 Å². The standard InChI is InChI=1S/C23H26F3N5O3.C23H29N5O3.CH4/c1-22(2,34)8-6-14-11-31-13-17(18(10-20(31)27-14)30-9-7-15(32)12-30)29-21(33)16-4-3-5-19(28-16)23(24,25)26;1-15-5-4-6-18(24-15)22(30)26-19-14-28-12-16(7-9-23(2,3)31)25-21(28)11-20(19)27-10-8-17(29)13-27;/h3-5,10-11,13,15,32,34H,6-9,12H2,1-2H3,(H,29,33);4-6,11-12,14,17,29,31H,7-10,13H2,1-3H3,(H,26,30);1H4/t15-;17-;/m01./s1. The minimum absolute atomic E-state index is 0. The molecule has 6 N–H and O–H groups in total. The van der Waals surface area contributed by atoms with Gasteiger partial charge in [0.25, 0.3) is 11.8 Å². The van der Waals surface area contributed by atoms with Crippen LogP contribution in [0.15, 0.2) is 73.3 Å². The highest BCUT2D eigenvalue weighted by atomic mass is 19.4. The molecular formula is C47H59F3N10O6. The molecule has 2 saturated heterocycles. The van der Waals surface area contributed by atoms with E-state index in [-0.39, 0.29) is 25.1 Å². The van der Waals surface area contributed by atoms with Crippen LogP contribution in [0.3, 0.4) is 0 Å². The first kappa shape index (κ1) is 49.3. The second-order valence-electron chi connectivity index (χ2n) is 18.0.